The van der Waals surface area contributed by atoms with Gasteiger partial charge in [0.25, 0.3) is 11.9 Å². The van der Waals surface area contributed by atoms with E-state index in [4.69, 9.17) is 27.9 Å². The third-order valence-corrected chi connectivity index (χ3v) is 6.16. The molecule has 0 saturated heterocycles. The van der Waals surface area contributed by atoms with Crippen molar-refractivity contribution in [3.05, 3.63) is 45.9 Å². The first-order chi connectivity index (χ1) is 16.0. The quantitative estimate of drug-likeness (QED) is 0.330. The number of ether oxygens (including phenoxy) is 1. The predicted molar refractivity (Wildman–Crippen MR) is 126 cm³/mol. The van der Waals surface area contributed by atoms with Crippen molar-refractivity contribution in [3.8, 4) is 17.2 Å². The van der Waals surface area contributed by atoms with Gasteiger partial charge in [-0.3, -0.25) is 4.79 Å². The minimum atomic E-state index is -0.356. The van der Waals surface area contributed by atoms with Crippen LogP contribution < -0.4 is 15.4 Å². The molecule has 3 aromatic rings. The van der Waals surface area contributed by atoms with E-state index in [2.05, 4.69) is 31.3 Å². The summed E-state index contributed by atoms with van der Waals surface area (Å²) in [7, 11) is 0. The van der Waals surface area contributed by atoms with Crippen molar-refractivity contribution in [1.82, 2.24) is 25.9 Å². The monoisotopic (exact) mass is 490 g/mol. The van der Waals surface area contributed by atoms with E-state index in [9.17, 15) is 9.90 Å². The molecule has 11 heteroatoms. The number of halogens is 2. The number of phenolic OH excluding ortho intramolecular Hbond substituents is 1. The van der Waals surface area contributed by atoms with E-state index in [0.29, 0.717) is 23.9 Å². The van der Waals surface area contributed by atoms with Gasteiger partial charge in [-0.25, -0.2) is 0 Å². The van der Waals surface area contributed by atoms with Gasteiger partial charge in [-0.15, -0.1) is 5.10 Å². The third kappa shape index (κ3) is 6.06. The Hall–Kier alpha value is -3.04. The number of anilines is 2. The summed E-state index contributed by atoms with van der Waals surface area (Å²) in [5.41, 5.74) is 0.668. The number of phenols is 1. The molecule has 0 bridgehead atoms. The second-order valence-electron chi connectivity index (χ2n) is 7.96. The lowest BCUT2D eigenvalue weighted by Crippen LogP contribution is -2.26. The van der Waals surface area contributed by atoms with Crippen molar-refractivity contribution in [2.24, 2.45) is 5.92 Å². The first-order valence-electron chi connectivity index (χ1n) is 10.8. The Morgan fingerprint density at radius 2 is 1.91 bits per heavy atom. The van der Waals surface area contributed by atoms with Crippen LogP contribution >= 0.6 is 23.2 Å². The van der Waals surface area contributed by atoms with Crippen molar-refractivity contribution < 1.29 is 14.6 Å². The van der Waals surface area contributed by atoms with Gasteiger partial charge >= 0.3 is 0 Å². The number of hydrogen-bond donors (Lipinski definition) is 4. The normalized spacial score (nSPS) is 14.1. The van der Waals surface area contributed by atoms with Crippen LogP contribution in [-0.4, -0.2) is 38.2 Å². The molecule has 1 fully saturated rings. The third-order valence-electron chi connectivity index (χ3n) is 5.60. The van der Waals surface area contributed by atoms with Crippen LogP contribution in [0.2, 0.25) is 10.0 Å². The first-order valence-corrected chi connectivity index (χ1v) is 11.5. The summed E-state index contributed by atoms with van der Waals surface area (Å²) in [5.74, 6) is 0.955. The van der Waals surface area contributed by atoms with Gasteiger partial charge in [0.15, 0.2) is 5.75 Å². The van der Waals surface area contributed by atoms with Crippen LogP contribution in [0.15, 0.2) is 30.3 Å². The van der Waals surface area contributed by atoms with Crippen LogP contribution in [-0.2, 0) is 0 Å². The van der Waals surface area contributed by atoms with Gasteiger partial charge < -0.3 is 20.5 Å². The lowest BCUT2D eigenvalue weighted by atomic mass is 9.87. The molecular formula is C22H24Cl2N6O3. The number of rotatable bonds is 8. The number of hydrogen-bond acceptors (Lipinski definition) is 7. The Morgan fingerprint density at radius 1 is 1.15 bits per heavy atom. The van der Waals surface area contributed by atoms with E-state index in [0.717, 1.165) is 6.42 Å². The fraction of sp³-hybridized carbons (Fsp3) is 0.364. The average molecular weight is 491 g/mol. The van der Waals surface area contributed by atoms with Gasteiger partial charge in [0.2, 0.25) is 0 Å². The fourth-order valence-corrected chi connectivity index (χ4v) is 4.48. The summed E-state index contributed by atoms with van der Waals surface area (Å²) in [5, 5.41) is 29.9. The number of H-pyrrole nitrogens is 1. The SMILES string of the molecule is O=C(NCCC1CCCCC1)c1cc(Oc2c(Cl)cc(Nc3nn[nH]n3)cc2Cl)ccc1O. The molecule has 1 heterocycles. The number of aromatic hydroxyl groups is 1. The van der Waals surface area contributed by atoms with Crippen molar-refractivity contribution in [1.29, 1.82) is 0 Å². The molecule has 0 spiro atoms. The number of aromatic nitrogens is 4. The summed E-state index contributed by atoms with van der Waals surface area (Å²) < 4.78 is 5.84. The van der Waals surface area contributed by atoms with Crippen molar-refractivity contribution in [2.75, 3.05) is 11.9 Å². The van der Waals surface area contributed by atoms with Crippen LogP contribution in [0.3, 0.4) is 0 Å². The maximum atomic E-state index is 12.6. The van der Waals surface area contributed by atoms with Crippen LogP contribution in [0.25, 0.3) is 0 Å². The van der Waals surface area contributed by atoms with Crippen molar-refractivity contribution in [2.45, 2.75) is 38.5 Å². The predicted octanol–water partition coefficient (Wildman–Crippen LogP) is 5.45. The van der Waals surface area contributed by atoms with Crippen molar-refractivity contribution in [3.63, 3.8) is 0 Å². The fourth-order valence-electron chi connectivity index (χ4n) is 3.91. The highest BCUT2D eigenvalue weighted by Gasteiger charge is 2.17. The van der Waals surface area contributed by atoms with Crippen LogP contribution in [0, 0.1) is 5.92 Å². The van der Waals surface area contributed by atoms with Gasteiger partial charge in [-0.05, 0) is 47.9 Å². The molecule has 1 aromatic heterocycles. The number of tetrazole rings is 1. The number of benzene rings is 2. The van der Waals surface area contributed by atoms with Gasteiger partial charge in [0.1, 0.15) is 11.5 Å². The first kappa shape index (κ1) is 23.1. The molecular weight excluding hydrogens is 467 g/mol. The van der Waals surface area contributed by atoms with Gasteiger partial charge in [-0.1, -0.05) is 60.4 Å². The minimum absolute atomic E-state index is 0.124. The molecule has 9 nitrogen and oxygen atoms in total. The zero-order valence-corrected chi connectivity index (χ0v) is 19.3. The zero-order chi connectivity index (χ0) is 23.2. The standard InChI is InChI=1S/C22H24Cl2N6O3/c23-17-10-14(26-22-27-29-30-28-22)11-18(24)20(17)33-15-6-7-19(31)16(12-15)21(32)25-9-8-13-4-2-1-3-5-13/h6-7,10-13,31H,1-5,8-9H2,(H,25,32)(H2,26,27,28,29,30). The molecule has 1 amide bonds. The molecule has 174 valence electrons. The van der Waals surface area contributed by atoms with Crippen LogP contribution in [0.4, 0.5) is 11.6 Å². The molecule has 0 atom stereocenters. The second-order valence-corrected chi connectivity index (χ2v) is 8.77. The van der Waals surface area contributed by atoms with E-state index in [1.807, 2.05) is 0 Å². The smallest absolute Gasteiger partial charge is 0.267 e. The van der Waals surface area contributed by atoms with E-state index in [1.54, 1.807) is 12.1 Å². The molecule has 0 unspecified atom stereocenters. The molecule has 4 rings (SSSR count). The van der Waals surface area contributed by atoms with E-state index < -0.39 is 0 Å². The maximum Gasteiger partial charge on any atom is 0.267 e. The number of amides is 1. The largest absolute Gasteiger partial charge is 0.507 e. The van der Waals surface area contributed by atoms with Gasteiger partial charge in [0, 0.05) is 12.2 Å². The number of carbonyl (C=O) groups excluding carboxylic acids is 1. The van der Waals surface area contributed by atoms with E-state index in [1.165, 1.54) is 50.3 Å². The number of nitrogens with one attached hydrogen (secondary N) is 3. The summed E-state index contributed by atoms with van der Waals surface area (Å²) in [6, 6.07) is 7.59. The summed E-state index contributed by atoms with van der Waals surface area (Å²) >= 11 is 12.7. The molecule has 2 aromatic carbocycles. The molecule has 0 aliphatic heterocycles. The molecule has 1 aliphatic carbocycles. The van der Waals surface area contributed by atoms with Crippen LogP contribution in [0.5, 0.6) is 17.2 Å². The highest BCUT2D eigenvalue weighted by molar-refractivity contribution is 6.37. The highest BCUT2D eigenvalue weighted by atomic mass is 35.5. The molecule has 1 aliphatic rings. The molecule has 1 saturated carbocycles. The van der Waals surface area contributed by atoms with Crippen molar-refractivity contribution >= 4 is 40.7 Å². The van der Waals surface area contributed by atoms with Gasteiger partial charge in [0.05, 0.1) is 15.6 Å². The Balaban J connectivity index is 1.42. The molecule has 0 radical (unpaired) electrons. The van der Waals surface area contributed by atoms with E-state index in [-0.39, 0.29) is 39.0 Å². The van der Waals surface area contributed by atoms with Gasteiger partial charge in [-0.2, -0.15) is 5.21 Å². The summed E-state index contributed by atoms with van der Waals surface area (Å²) in [6.07, 6.45) is 7.20. The average Bonchev–Trinajstić information content (AvgIpc) is 3.31. The zero-order valence-electron chi connectivity index (χ0n) is 17.8. The number of nitrogens with zero attached hydrogens (tertiary/aromatic N) is 3. The summed E-state index contributed by atoms with van der Waals surface area (Å²) in [6.45, 7) is 0.570. The lowest BCUT2D eigenvalue weighted by Gasteiger charge is -2.21. The Labute approximate surface area is 200 Å². The van der Waals surface area contributed by atoms with E-state index >= 15 is 0 Å². The lowest BCUT2D eigenvalue weighted by molar-refractivity contribution is 0.0947. The molecule has 33 heavy (non-hydrogen) atoms. The Bertz CT molecular complexity index is 1080. The Kier molecular flexibility index (Phi) is 7.51. The maximum absolute atomic E-state index is 12.6. The molecule has 4 N–H and O–H groups in total. The topological polar surface area (TPSA) is 125 Å². The second kappa shape index (κ2) is 10.7. The number of aromatic amines is 1. The number of carbonyl (C=O) groups is 1. The summed E-state index contributed by atoms with van der Waals surface area (Å²) in [4.78, 5) is 12.6. The highest BCUT2D eigenvalue weighted by Crippen LogP contribution is 2.40. The minimum Gasteiger partial charge on any atom is -0.507 e. The Morgan fingerprint density at radius 3 is 2.61 bits per heavy atom. The van der Waals surface area contributed by atoms with Crippen LogP contribution in [0.1, 0.15) is 48.9 Å².